The van der Waals surface area contributed by atoms with E-state index >= 15 is 0 Å². The van der Waals surface area contributed by atoms with Gasteiger partial charge in [-0.1, -0.05) is 60.1 Å². The average molecular weight is 900 g/mol. The van der Waals surface area contributed by atoms with Gasteiger partial charge in [-0.15, -0.1) is 0 Å². The van der Waals surface area contributed by atoms with Crippen LogP contribution in [-0.4, -0.2) is 75.2 Å². The molecule has 15 nitrogen and oxygen atoms in total. The molecule has 0 aliphatic carbocycles. The van der Waals surface area contributed by atoms with Crippen LogP contribution in [0.1, 0.15) is 11.3 Å². The second kappa shape index (κ2) is 19.7. The normalized spacial score (nSPS) is 11.2. The molecule has 1 aromatic heterocycles. The summed E-state index contributed by atoms with van der Waals surface area (Å²) < 4.78 is 80.8. The number of benzene rings is 5. The summed E-state index contributed by atoms with van der Waals surface area (Å²) in [6.07, 6.45) is 1.49. The van der Waals surface area contributed by atoms with Gasteiger partial charge in [0.15, 0.2) is 0 Å². The molecule has 0 atom stereocenters. The van der Waals surface area contributed by atoms with E-state index in [2.05, 4.69) is 15.6 Å². The van der Waals surface area contributed by atoms with Crippen molar-refractivity contribution >= 4 is 66.2 Å². The predicted octanol–water partition coefficient (Wildman–Crippen LogP) is 7.03. The molecule has 5 aromatic carbocycles. The number of ether oxygens (including phenoxy) is 4. The molecule has 6 rings (SSSR count). The van der Waals surface area contributed by atoms with E-state index < -0.39 is 45.0 Å². The number of amides is 2. The fourth-order valence-corrected chi connectivity index (χ4v) is 9.42. The molecule has 6 aromatic rings. The van der Waals surface area contributed by atoms with Crippen molar-refractivity contribution in [2.24, 2.45) is 0 Å². The van der Waals surface area contributed by atoms with E-state index in [0.29, 0.717) is 22.7 Å². The van der Waals surface area contributed by atoms with Gasteiger partial charge in [-0.2, -0.15) is 0 Å². The van der Waals surface area contributed by atoms with Gasteiger partial charge in [-0.3, -0.25) is 23.2 Å². The van der Waals surface area contributed by atoms with Crippen molar-refractivity contribution < 1.29 is 45.4 Å². The number of rotatable bonds is 18. The summed E-state index contributed by atoms with van der Waals surface area (Å²) in [4.78, 5) is 31.6. The van der Waals surface area contributed by atoms with Crippen molar-refractivity contribution in [3.05, 3.63) is 150 Å². The number of pyridine rings is 1. The number of halogens is 1. The first-order valence-corrected chi connectivity index (χ1v) is 22.0. The van der Waals surface area contributed by atoms with Gasteiger partial charge in [-0.25, -0.2) is 16.8 Å². The van der Waals surface area contributed by atoms with E-state index in [0.717, 1.165) is 8.61 Å². The number of sulfonamides is 2. The van der Waals surface area contributed by atoms with Crippen LogP contribution in [0.3, 0.4) is 0 Å². The monoisotopic (exact) mass is 899 g/mol. The van der Waals surface area contributed by atoms with E-state index in [4.69, 9.17) is 30.5 Å². The number of methoxy groups -OCH3 is 4. The summed E-state index contributed by atoms with van der Waals surface area (Å²) >= 11 is 6.29. The summed E-state index contributed by atoms with van der Waals surface area (Å²) in [7, 11) is -3.04. The van der Waals surface area contributed by atoms with Crippen LogP contribution in [0.25, 0.3) is 0 Å². The molecule has 0 aliphatic rings. The lowest BCUT2D eigenvalue weighted by atomic mass is 10.1. The molecule has 0 aliphatic heterocycles. The molecule has 62 heavy (non-hydrogen) atoms. The van der Waals surface area contributed by atoms with Gasteiger partial charge >= 0.3 is 0 Å². The second-order valence-electron chi connectivity index (χ2n) is 13.3. The number of hydrogen-bond donors (Lipinski definition) is 2. The van der Waals surface area contributed by atoms with Crippen molar-refractivity contribution in [2.45, 2.75) is 16.2 Å². The second-order valence-corrected chi connectivity index (χ2v) is 17.4. The Hall–Kier alpha value is -6.82. The van der Waals surface area contributed by atoms with Crippen LogP contribution in [0.15, 0.2) is 143 Å². The average Bonchev–Trinajstić information content (AvgIpc) is 3.28. The molecule has 18 heteroatoms. The Labute approximate surface area is 364 Å². The largest absolute Gasteiger partial charge is 0.497 e. The lowest BCUT2D eigenvalue weighted by Crippen LogP contribution is -2.38. The zero-order valence-corrected chi connectivity index (χ0v) is 36.3. The van der Waals surface area contributed by atoms with Gasteiger partial charge in [-0.05, 0) is 66.7 Å². The summed E-state index contributed by atoms with van der Waals surface area (Å²) in [6.45, 7) is -1.29. The Kier molecular flexibility index (Phi) is 14.2. The third-order valence-electron chi connectivity index (χ3n) is 9.35. The van der Waals surface area contributed by atoms with Crippen LogP contribution < -0.4 is 38.2 Å². The van der Waals surface area contributed by atoms with E-state index in [1.54, 1.807) is 91.0 Å². The molecular weight excluding hydrogens is 858 g/mol. The molecule has 0 saturated heterocycles. The highest BCUT2D eigenvalue weighted by molar-refractivity contribution is 7.93. The lowest BCUT2D eigenvalue weighted by molar-refractivity contribution is -0.115. The zero-order valence-electron chi connectivity index (χ0n) is 33.9. The maximum Gasteiger partial charge on any atom is 0.264 e. The van der Waals surface area contributed by atoms with Crippen molar-refractivity contribution in [3.63, 3.8) is 0 Å². The van der Waals surface area contributed by atoms with E-state index in [1.807, 2.05) is 0 Å². The van der Waals surface area contributed by atoms with Crippen LogP contribution in [0.4, 0.5) is 22.7 Å². The summed E-state index contributed by atoms with van der Waals surface area (Å²) in [5.41, 5.74) is 1.60. The molecule has 0 radical (unpaired) electrons. The van der Waals surface area contributed by atoms with Gasteiger partial charge < -0.3 is 29.6 Å². The fourth-order valence-electron chi connectivity index (χ4n) is 6.36. The lowest BCUT2D eigenvalue weighted by Gasteiger charge is -2.27. The molecule has 1 heterocycles. The molecular formula is C44H42ClN5O10S2. The number of para-hydroxylation sites is 1. The first kappa shape index (κ1) is 44.7. The van der Waals surface area contributed by atoms with Gasteiger partial charge in [0.25, 0.3) is 20.0 Å². The van der Waals surface area contributed by atoms with Crippen LogP contribution in [0.5, 0.6) is 23.0 Å². The smallest absolute Gasteiger partial charge is 0.264 e. The summed E-state index contributed by atoms with van der Waals surface area (Å²) in [5, 5.41) is 5.67. The fraction of sp³-hybridized carbons (Fsp3) is 0.159. The highest BCUT2D eigenvalue weighted by atomic mass is 35.5. The minimum absolute atomic E-state index is 0.0200. The van der Waals surface area contributed by atoms with Crippen LogP contribution in [-0.2, 0) is 36.1 Å². The number of nitrogens with zero attached hydrogens (tertiary/aromatic N) is 3. The van der Waals surface area contributed by atoms with E-state index in [9.17, 15) is 26.4 Å². The number of carbonyl (C=O) groups excluding carboxylic acids is 2. The standard InChI is InChI=1S/C44H42ClN5O10S2/c1-57-33-21-22-41(59-3)39(25-33)49(61(53,54)35-13-7-5-8-14-35)28-42(51)47-32-20-19-31(46-27-32)23-30-24-34(58-2)26-40(44(30)60-4)50(62(55,56)36-15-9-6-10-16-36)29-43(52)48-38-18-12-11-17-37(38)45/h5-22,24-27H,23,28-29H2,1-4H3,(H,47,51)(H,48,52). The van der Waals surface area contributed by atoms with E-state index in [-0.39, 0.29) is 55.5 Å². The maximum absolute atomic E-state index is 14.3. The minimum atomic E-state index is -4.38. The molecule has 0 bridgehead atoms. The van der Waals surface area contributed by atoms with Gasteiger partial charge in [0, 0.05) is 29.8 Å². The summed E-state index contributed by atoms with van der Waals surface area (Å²) in [5.74, 6) is -0.419. The highest BCUT2D eigenvalue weighted by Crippen LogP contribution is 2.40. The summed E-state index contributed by atoms with van der Waals surface area (Å²) in [6, 6.07) is 32.8. The Balaban J connectivity index is 1.29. The quantitative estimate of drug-likeness (QED) is 0.0904. The van der Waals surface area contributed by atoms with Crippen molar-refractivity contribution in [2.75, 3.05) is 60.8 Å². The number of anilines is 4. The van der Waals surface area contributed by atoms with Crippen LogP contribution in [0.2, 0.25) is 5.02 Å². The Morgan fingerprint density at radius 1 is 0.613 bits per heavy atom. The van der Waals surface area contributed by atoms with Crippen LogP contribution in [0, 0.1) is 0 Å². The molecule has 2 amide bonds. The molecule has 0 saturated carbocycles. The van der Waals surface area contributed by atoms with Crippen LogP contribution >= 0.6 is 11.6 Å². The zero-order chi connectivity index (χ0) is 44.4. The first-order chi connectivity index (χ1) is 29.8. The van der Waals surface area contributed by atoms with Gasteiger partial charge in [0.2, 0.25) is 11.8 Å². The predicted molar refractivity (Wildman–Crippen MR) is 237 cm³/mol. The number of nitrogens with one attached hydrogen (secondary N) is 2. The molecule has 0 unspecified atom stereocenters. The maximum atomic E-state index is 14.3. The third kappa shape index (κ3) is 10.2. The molecule has 322 valence electrons. The van der Waals surface area contributed by atoms with Crippen molar-refractivity contribution in [1.29, 1.82) is 0 Å². The Morgan fingerprint density at radius 3 is 1.73 bits per heavy atom. The van der Waals surface area contributed by atoms with Gasteiger partial charge in [0.05, 0.1) is 72.2 Å². The topological polar surface area (TPSA) is 183 Å². The highest BCUT2D eigenvalue weighted by Gasteiger charge is 2.32. The SMILES string of the molecule is COc1ccc(OC)c(N(CC(=O)Nc2ccc(Cc3cc(OC)cc(N(CC(=O)Nc4ccccc4Cl)S(=O)(=O)c4ccccc4)c3OC)nc2)S(=O)(=O)c2ccccc2)c1. The number of carbonyl (C=O) groups is 2. The Morgan fingerprint density at radius 2 is 1.18 bits per heavy atom. The molecule has 0 fully saturated rings. The first-order valence-electron chi connectivity index (χ1n) is 18.7. The molecule has 0 spiro atoms. The van der Waals surface area contributed by atoms with Crippen molar-refractivity contribution in [1.82, 2.24) is 4.98 Å². The number of hydrogen-bond acceptors (Lipinski definition) is 11. The minimum Gasteiger partial charge on any atom is -0.497 e. The van der Waals surface area contributed by atoms with Crippen molar-refractivity contribution in [3.8, 4) is 23.0 Å². The third-order valence-corrected chi connectivity index (χ3v) is 13.2. The van der Waals surface area contributed by atoms with E-state index in [1.165, 1.54) is 71.0 Å². The molecule has 2 N–H and O–H groups in total. The Bertz CT molecular complexity index is 2760. The number of aromatic nitrogens is 1. The van der Waals surface area contributed by atoms with Gasteiger partial charge in [0.1, 0.15) is 36.1 Å².